The number of methoxy groups -OCH3 is 2. The number of carbonyl (C=O) groups is 1. The highest BCUT2D eigenvalue weighted by molar-refractivity contribution is 7.84. The fraction of sp³-hybridized carbons (Fsp3) is 0.524. The van der Waals surface area contributed by atoms with Crippen molar-refractivity contribution in [2.45, 2.75) is 32.8 Å². The van der Waals surface area contributed by atoms with Crippen LogP contribution in [0, 0.1) is 6.92 Å². The van der Waals surface area contributed by atoms with Crippen LogP contribution in [-0.4, -0.2) is 61.1 Å². The first-order valence-corrected chi connectivity index (χ1v) is 11.4. The molecular formula is C21H30N2O7S. The summed E-state index contributed by atoms with van der Waals surface area (Å²) in [5.74, 6) is 1.69. The zero-order chi connectivity index (χ0) is 22.8. The maximum absolute atomic E-state index is 12.5. The van der Waals surface area contributed by atoms with Crippen LogP contribution in [0.4, 0.5) is 0 Å². The minimum absolute atomic E-state index is 0.108. The van der Waals surface area contributed by atoms with Crippen LogP contribution in [0.2, 0.25) is 0 Å². The first-order valence-electron chi connectivity index (χ1n) is 9.95. The minimum Gasteiger partial charge on any atom is -0.493 e. The molecule has 1 aromatic carbocycles. The van der Waals surface area contributed by atoms with Crippen molar-refractivity contribution in [3.05, 3.63) is 29.7 Å². The number of ether oxygens (including phenoxy) is 4. The van der Waals surface area contributed by atoms with Crippen molar-refractivity contribution in [2.24, 2.45) is 0 Å². The normalized spacial score (nSPS) is 12.1. The van der Waals surface area contributed by atoms with E-state index in [0.29, 0.717) is 47.6 Å². The summed E-state index contributed by atoms with van der Waals surface area (Å²) in [7, 11) is 1.66. The Morgan fingerprint density at radius 1 is 1.16 bits per heavy atom. The fourth-order valence-corrected chi connectivity index (χ4v) is 3.86. The number of rotatable bonds is 13. The molecule has 1 aromatic heterocycles. The number of hydrogen-bond acceptors (Lipinski definition) is 8. The van der Waals surface area contributed by atoms with Gasteiger partial charge >= 0.3 is 0 Å². The molecule has 0 radical (unpaired) electrons. The van der Waals surface area contributed by atoms with Gasteiger partial charge in [-0.3, -0.25) is 9.00 Å². The smallest absolute Gasteiger partial charge is 0.232 e. The van der Waals surface area contributed by atoms with Gasteiger partial charge in [0.25, 0.3) is 0 Å². The lowest BCUT2D eigenvalue weighted by molar-refractivity contribution is -0.139. The van der Waals surface area contributed by atoms with Crippen molar-refractivity contribution < 1.29 is 32.4 Å². The number of oxazole rings is 1. The van der Waals surface area contributed by atoms with Crippen molar-refractivity contribution in [2.75, 3.05) is 39.7 Å². The van der Waals surface area contributed by atoms with Crippen LogP contribution in [0.5, 0.6) is 11.5 Å². The van der Waals surface area contributed by atoms with Gasteiger partial charge in [0.1, 0.15) is 11.5 Å². The quantitative estimate of drug-likeness (QED) is 0.460. The van der Waals surface area contributed by atoms with Crippen molar-refractivity contribution >= 4 is 16.7 Å². The molecule has 172 valence electrons. The number of aryl methyl sites for hydroxylation is 1. The van der Waals surface area contributed by atoms with E-state index in [1.165, 1.54) is 0 Å². The lowest BCUT2D eigenvalue weighted by Gasteiger charge is -2.17. The molecule has 0 aliphatic heterocycles. The molecule has 0 aliphatic carbocycles. The number of nitrogens with one attached hydrogen (secondary N) is 1. The zero-order valence-corrected chi connectivity index (χ0v) is 19.4. The molecule has 0 fully saturated rings. The molecule has 0 spiro atoms. The highest BCUT2D eigenvalue weighted by atomic mass is 32.2. The molecule has 0 saturated heterocycles. The summed E-state index contributed by atoms with van der Waals surface area (Å²) in [6, 6.07) is 5.31. The fourth-order valence-electron chi connectivity index (χ4n) is 2.79. The molecule has 1 unspecified atom stereocenters. The highest BCUT2D eigenvalue weighted by Gasteiger charge is 2.18. The van der Waals surface area contributed by atoms with E-state index in [0.717, 1.165) is 0 Å². The summed E-state index contributed by atoms with van der Waals surface area (Å²) < 4.78 is 39.5. The molecule has 0 saturated carbocycles. The van der Waals surface area contributed by atoms with Crippen LogP contribution in [-0.2, 0) is 30.8 Å². The number of benzene rings is 1. The maximum Gasteiger partial charge on any atom is 0.232 e. The third-order valence-electron chi connectivity index (χ3n) is 4.28. The van der Waals surface area contributed by atoms with E-state index in [4.69, 9.17) is 23.4 Å². The number of nitrogens with zero attached hydrogens (tertiary/aromatic N) is 1. The third kappa shape index (κ3) is 7.34. The molecule has 1 N–H and O–H groups in total. The Balaban J connectivity index is 1.97. The van der Waals surface area contributed by atoms with E-state index in [9.17, 15) is 9.00 Å². The van der Waals surface area contributed by atoms with Gasteiger partial charge in [-0.2, -0.15) is 0 Å². The predicted molar refractivity (Wildman–Crippen MR) is 117 cm³/mol. The van der Waals surface area contributed by atoms with E-state index in [2.05, 4.69) is 10.3 Å². The van der Waals surface area contributed by atoms with Crippen LogP contribution in [0.3, 0.4) is 0 Å². The molecule has 9 nitrogen and oxygen atoms in total. The summed E-state index contributed by atoms with van der Waals surface area (Å²) in [6.07, 6.45) is -0.519. The SMILES string of the molecule is CCOC(CNC(=O)CS(=O)Cc1nc(-c2ccc(OC)c(OC)c2)oc1C)OCC. The van der Waals surface area contributed by atoms with Crippen LogP contribution >= 0.6 is 0 Å². The standard InChI is InChI=1S/C21H30N2O7S/c1-6-28-20(29-7-2)11-22-19(24)13-31(25)12-16-14(3)30-21(23-16)15-8-9-17(26-4)18(10-15)27-5/h8-10,20H,6-7,11-13H2,1-5H3,(H,22,24). The topological polar surface area (TPSA) is 109 Å². The molecule has 1 amide bonds. The van der Waals surface area contributed by atoms with E-state index in [1.54, 1.807) is 39.3 Å². The summed E-state index contributed by atoms with van der Waals surface area (Å²) in [5.41, 5.74) is 1.24. The lowest BCUT2D eigenvalue weighted by Crippen LogP contribution is -2.37. The van der Waals surface area contributed by atoms with Gasteiger partial charge in [0.2, 0.25) is 11.8 Å². The first kappa shape index (κ1) is 24.8. The van der Waals surface area contributed by atoms with Crippen LogP contribution < -0.4 is 14.8 Å². The molecular weight excluding hydrogens is 424 g/mol. The van der Waals surface area contributed by atoms with E-state index < -0.39 is 17.1 Å². The van der Waals surface area contributed by atoms with Gasteiger partial charge in [0.15, 0.2) is 17.8 Å². The van der Waals surface area contributed by atoms with E-state index in [-0.39, 0.29) is 24.0 Å². The molecule has 31 heavy (non-hydrogen) atoms. The average Bonchev–Trinajstić information content (AvgIpc) is 3.11. The molecule has 1 atom stereocenters. The van der Waals surface area contributed by atoms with Gasteiger partial charge in [0, 0.05) is 29.6 Å². The van der Waals surface area contributed by atoms with Gasteiger partial charge in [-0.05, 0) is 39.0 Å². The Morgan fingerprint density at radius 2 is 1.84 bits per heavy atom. The number of hydrogen-bond donors (Lipinski definition) is 1. The Labute approximate surface area is 184 Å². The number of carbonyl (C=O) groups excluding carboxylic acids is 1. The summed E-state index contributed by atoms with van der Waals surface area (Å²) >= 11 is 0. The van der Waals surface area contributed by atoms with Gasteiger partial charge in [-0.25, -0.2) is 4.98 Å². The molecule has 10 heteroatoms. The molecule has 2 rings (SSSR count). The largest absolute Gasteiger partial charge is 0.493 e. The highest BCUT2D eigenvalue weighted by Crippen LogP contribution is 2.32. The molecule has 0 bridgehead atoms. The Kier molecular flexibility index (Phi) is 9.96. The second-order valence-electron chi connectivity index (χ2n) is 6.46. The van der Waals surface area contributed by atoms with Crippen molar-refractivity contribution in [1.82, 2.24) is 10.3 Å². The molecule has 2 aromatic rings. The second-order valence-corrected chi connectivity index (χ2v) is 7.92. The van der Waals surface area contributed by atoms with Crippen LogP contribution in [0.1, 0.15) is 25.3 Å². The average molecular weight is 455 g/mol. The Hall–Kier alpha value is -2.43. The lowest BCUT2D eigenvalue weighted by atomic mass is 10.2. The Morgan fingerprint density at radius 3 is 2.45 bits per heavy atom. The summed E-state index contributed by atoms with van der Waals surface area (Å²) in [4.78, 5) is 16.6. The van der Waals surface area contributed by atoms with Crippen LogP contribution in [0.15, 0.2) is 22.6 Å². The minimum atomic E-state index is -1.45. The van der Waals surface area contributed by atoms with Gasteiger partial charge in [-0.15, -0.1) is 0 Å². The van der Waals surface area contributed by atoms with Gasteiger partial charge < -0.3 is 28.7 Å². The number of amides is 1. The second kappa shape index (κ2) is 12.4. The summed E-state index contributed by atoms with van der Waals surface area (Å²) in [6.45, 7) is 6.59. The summed E-state index contributed by atoms with van der Waals surface area (Å²) in [5, 5.41) is 2.69. The number of aromatic nitrogens is 1. The van der Waals surface area contributed by atoms with E-state index >= 15 is 0 Å². The van der Waals surface area contributed by atoms with E-state index in [1.807, 2.05) is 13.8 Å². The third-order valence-corrected chi connectivity index (χ3v) is 5.46. The van der Waals surface area contributed by atoms with Gasteiger partial charge in [-0.1, -0.05) is 0 Å². The van der Waals surface area contributed by atoms with Gasteiger partial charge in [0.05, 0.1) is 32.2 Å². The molecule has 1 heterocycles. The zero-order valence-electron chi connectivity index (χ0n) is 18.6. The van der Waals surface area contributed by atoms with Crippen molar-refractivity contribution in [3.63, 3.8) is 0 Å². The van der Waals surface area contributed by atoms with Crippen LogP contribution in [0.25, 0.3) is 11.5 Å². The van der Waals surface area contributed by atoms with Crippen molar-refractivity contribution in [3.8, 4) is 23.0 Å². The predicted octanol–water partition coefficient (Wildman–Crippen LogP) is 2.43. The maximum atomic E-state index is 12.5. The monoisotopic (exact) mass is 454 g/mol. The first-order chi connectivity index (χ1) is 14.9. The Bertz CT molecular complexity index is 879. The van der Waals surface area contributed by atoms with Crippen molar-refractivity contribution in [1.29, 1.82) is 0 Å². The molecule has 0 aliphatic rings.